The SMILES string of the molecule is Fc1ccc(CC(Br)c2cc(Cl)c(Br)cc2F)c(F)c1. The average molecular weight is 428 g/mol. The predicted molar refractivity (Wildman–Crippen MR) is 80.8 cm³/mol. The zero-order chi connectivity index (χ0) is 14.9. The van der Waals surface area contributed by atoms with Crippen LogP contribution in [0.4, 0.5) is 13.2 Å². The van der Waals surface area contributed by atoms with Crippen molar-refractivity contribution in [2.24, 2.45) is 0 Å². The summed E-state index contributed by atoms with van der Waals surface area (Å²) in [5.74, 6) is -1.75. The quantitative estimate of drug-likeness (QED) is 0.403. The minimum Gasteiger partial charge on any atom is -0.207 e. The molecule has 106 valence electrons. The molecular weight excluding hydrogens is 420 g/mol. The van der Waals surface area contributed by atoms with Gasteiger partial charge in [-0.2, -0.15) is 0 Å². The van der Waals surface area contributed by atoms with E-state index in [1.807, 2.05) is 0 Å². The molecule has 2 rings (SSSR count). The monoisotopic (exact) mass is 426 g/mol. The second kappa shape index (κ2) is 6.50. The summed E-state index contributed by atoms with van der Waals surface area (Å²) in [7, 11) is 0. The zero-order valence-corrected chi connectivity index (χ0v) is 13.9. The van der Waals surface area contributed by atoms with Crippen molar-refractivity contribution in [2.45, 2.75) is 11.2 Å². The van der Waals surface area contributed by atoms with Gasteiger partial charge in [0.2, 0.25) is 0 Å². The lowest BCUT2D eigenvalue weighted by atomic mass is 10.0. The standard InChI is InChI=1S/C14H8Br2ClF3/c15-10(3-7-1-2-8(18)4-13(7)19)9-5-12(17)11(16)6-14(9)20/h1-2,4-6,10H,3H2. The minimum absolute atomic E-state index is 0.182. The lowest BCUT2D eigenvalue weighted by Crippen LogP contribution is -2.01. The van der Waals surface area contributed by atoms with Crippen LogP contribution < -0.4 is 0 Å². The summed E-state index contributed by atoms with van der Waals surface area (Å²) in [5, 5.41) is 0.366. The van der Waals surface area contributed by atoms with Gasteiger partial charge < -0.3 is 0 Å². The largest absolute Gasteiger partial charge is 0.207 e. The van der Waals surface area contributed by atoms with Gasteiger partial charge in [0, 0.05) is 20.9 Å². The van der Waals surface area contributed by atoms with Gasteiger partial charge in [-0.25, -0.2) is 13.2 Å². The Kier molecular flexibility index (Phi) is 5.15. The first-order chi connectivity index (χ1) is 9.38. The Hall–Kier alpha value is -0.520. The lowest BCUT2D eigenvalue weighted by molar-refractivity contribution is 0.568. The molecule has 0 saturated carbocycles. The third-order valence-electron chi connectivity index (χ3n) is 2.79. The molecule has 0 heterocycles. The first-order valence-electron chi connectivity index (χ1n) is 5.61. The van der Waals surface area contributed by atoms with E-state index in [9.17, 15) is 13.2 Å². The Balaban J connectivity index is 2.28. The number of hydrogen-bond donors (Lipinski definition) is 0. The Morgan fingerprint density at radius 3 is 2.40 bits per heavy atom. The molecule has 0 aliphatic rings. The fourth-order valence-electron chi connectivity index (χ4n) is 1.77. The molecule has 2 aromatic rings. The lowest BCUT2D eigenvalue weighted by Gasteiger charge is -2.13. The van der Waals surface area contributed by atoms with Crippen molar-refractivity contribution in [2.75, 3.05) is 0 Å². The first-order valence-corrected chi connectivity index (χ1v) is 7.69. The summed E-state index contributed by atoms with van der Waals surface area (Å²) >= 11 is 12.4. The van der Waals surface area contributed by atoms with Crippen LogP contribution in [-0.2, 0) is 6.42 Å². The summed E-state index contributed by atoms with van der Waals surface area (Å²) in [5.41, 5.74) is 0.619. The summed E-state index contributed by atoms with van der Waals surface area (Å²) in [4.78, 5) is -0.465. The van der Waals surface area contributed by atoms with E-state index in [4.69, 9.17) is 11.6 Å². The van der Waals surface area contributed by atoms with Crippen LogP contribution in [0.5, 0.6) is 0 Å². The molecule has 1 atom stereocenters. The van der Waals surface area contributed by atoms with Crippen molar-refractivity contribution >= 4 is 43.5 Å². The van der Waals surface area contributed by atoms with Gasteiger partial charge in [-0.1, -0.05) is 33.6 Å². The van der Waals surface area contributed by atoms with Crippen LogP contribution in [0, 0.1) is 17.5 Å². The van der Waals surface area contributed by atoms with Crippen molar-refractivity contribution in [3.8, 4) is 0 Å². The van der Waals surface area contributed by atoms with E-state index in [0.29, 0.717) is 20.6 Å². The van der Waals surface area contributed by atoms with Crippen molar-refractivity contribution in [3.63, 3.8) is 0 Å². The molecule has 0 radical (unpaired) electrons. The predicted octanol–water partition coefficient (Wildman–Crippen LogP) is 6.20. The molecule has 20 heavy (non-hydrogen) atoms. The average Bonchev–Trinajstić information content (AvgIpc) is 2.37. The molecule has 0 N–H and O–H groups in total. The summed E-state index contributed by atoms with van der Waals surface area (Å²) in [6, 6.07) is 6.05. The van der Waals surface area contributed by atoms with Crippen LogP contribution in [0.1, 0.15) is 16.0 Å². The molecule has 0 aromatic heterocycles. The Labute approximate surface area is 136 Å². The molecule has 0 aliphatic carbocycles. The molecule has 6 heteroatoms. The summed E-state index contributed by atoms with van der Waals surface area (Å²) in [6.07, 6.45) is 0.182. The highest BCUT2D eigenvalue weighted by molar-refractivity contribution is 9.10. The zero-order valence-electron chi connectivity index (χ0n) is 9.94. The van der Waals surface area contributed by atoms with Crippen molar-refractivity contribution in [1.82, 2.24) is 0 Å². The van der Waals surface area contributed by atoms with E-state index in [1.165, 1.54) is 24.3 Å². The van der Waals surface area contributed by atoms with E-state index in [0.717, 1.165) is 6.07 Å². The summed E-state index contributed by atoms with van der Waals surface area (Å²) < 4.78 is 40.7. The minimum atomic E-state index is -0.655. The second-order valence-corrected chi connectivity index (χ2v) is 6.56. The third kappa shape index (κ3) is 3.57. The highest BCUT2D eigenvalue weighted by Crippen LogP contribution is 2.34. The fraction of sp³-hybridized carbons (Fsp3) is 0.143. The fourth-order valence-corrected chi connectivity index (χ4v) is 2.96. The first kappa shape index (κ1) is 15.9. The molecule has 0 spiro atoms. The van der Waals surface area contributed by atoms with Gasteiger partial charge in [0.05, 0.1) is 5.02 Å². The topological polar surface area (TPSA) is 0 Å². The number of alkyl halides is 1. The number of halogens is 6. The molecule has 2 aromatic carbocycles. The van der Waals surface area contributed by atoms with Crippen LogP contribution in [0.2, 0.25) is 5.02 Å². The second-order valence-electron chi connectivity index (χ2n) is 4.20. The Morgan fingerprint density at radius 2 is 1.75 bits per heavy atom. The van der Waals surface area contributed by atoms with E-state index in [1.54, 1.807) is 0 Å². The number of hydrogen-bond acceptors (Lipinski definition) is 0. The van der Waals surface area contributed by atoms with Crippen molar-refractivity contribution < 1.29 is 13.2 Å². The molecule has 0 amide bonds. The number of benzene rings is 2. The van der Waals surface area contributed by atoms with E-state index < -0.39 is 22.3 Å². The van der Waals surface area contributed by atoms with E-state index in [2.05, 4.69) is 31.9 Å². The van der Waals surface area contributed by atoms with Crippen molar-refractivity contribution in [1.29, 1.82) is 0 Å². The molecule has 0 saturated heterocycles. The highest BCUT2D eigenvalue weighted by Gasteiger charge is 2.17. The maximum absolute atomic E-state index is 13.9. The van der Waals surface area contributed by atoms with Crippen LogP contribution in [-0.4, -0.2) is 0 Å². The normalized spacial score (nSPS) is 12.5. The van der Waals surface area contributed by atoms with Gasteiger partial charge in [0.1, 0.15) is 17.5 Å². The van der Waals surface area contributed by atoms with Gasteiger partial charge in [-0.15, -0.1) is 0 Å². The van der Waals surface area contributed by atoms with Gasteiger partial charge in [-0.05, 0) is 46.1 Å². The van der Waals surface area contributed by atoms with Gasteiger partial charge in [0.25, 0.3) is 0 Å². The van der Waals surface area contributed by atoms with Crippen LogP contribution in [0.3, 0.4) is 0 Å². The van der Waals surface area contributed by atoms with Crippen LogP contribution in [0.25, 0.3) is 0 Å². The van der Waals surface area contributed by atoms with Crippen LogP contribution >= 0.6 is 43.5 Å². The van der Waals surface area contributed by atoms with E-state index >= 15 is 0 Å². The highest BCUT2D eigenvalue weighted by atomic mass is 79.9. The number of rotatable bonds is 3. The molecular formula is C14H8Br2ClF3. The van der Waals surface area contributed by atoms with Gasteiger partial charge in [-0.3, -0.25) is 0 Å². The maximum Gasteiger partial charge on any atom is 0.129 e. The smallest absolute Gasteiger partial charge is 0.129 e. The Morgan fingerprint density at radius 1 is 1.05 bits per heavy atom. The Bertz CT molecular complexity index is 647. The molecule has 1 unspecified atom stereocenters. The molecule has 0 nitrogen and oxygen atoms in total. The third-order valence-corrected chi connectivity index (χ3v) is 4.81. The summed E-state index contributed by atoms with van der Waals surface area (Å²) in [6.45, 7) is 0. The van der Waals surface area contributed by atoms with Crippen molar-refractivity contribution in [3.05, 3.63) is 68.4 Å². The van der Waals surface area contributed by atoms with Crippen LogP contribution in [0.15, 0.2) is 34.8 Å². The molecule has 0 aliphatic heterocycles. The molecule has 0 fully saturated rings. The van der Waals surface area contributed by atoms with E-state index in [-0.39, 0.29) is 6.42 Å². The molecule has 0 bridgehead atoms. The maximum atomic E-state index is 13.9. The van der Waals surface area contributed by atoms with Gasteiger partial charge in [0.15, 0.2) is 0 Å². The van der Waals surface area contributed by atoms with Gasteiger partial charge >= 0.3 is 0 Å².